The van der Waals surface area contributed by atoms with Crippen LogP contribution in [0, 0.1) is 11.6 Å². The van der Waals surface area contributed by atoms with Crippen molar-refractivity contribution in [3.63, 3.8) is 0 Å². The standard InChI is InChI=1S/C27H30F2N2O3/c1-3-18-5-4-6-19(11-18)16-30-17-26(32)25(14-20-12-22(28)15-23(29)13-20)31-27(33)21-7-9-24(34-2)10-8-21/h4-13,15,25-26,30,32H,3,14,16-17H2,1-2H3,(H,31,33)/t25-,26-/m0/s1. The van der Waals surface area contributed by atoms with E-state index in [0.717, 1.165) is 18.1 Å². The van der Waals surface area contributed by atoms with Crippen LogP contribution < -0.4 is 15.4 Å². The first-order valence-corrected chi connectivity index (χ1v) is 11.2. The van der Waals surface area contributed by atoms with E-state index in [9.17, 15) is 18.7 Å². The van der Waals surface area contributed by atoms with Crippen molar-refractivity contribution in [1.29, 1.82) is 0 Å². The second-order valence-electron chi connectivity index (χ2n) is 8.16. The van der Waals surface area contributed by atoms with Gasteiger partial charge < -0.3 is 20.5 Å². The number of carbonyl (C=O) groups is 1. The molecule has 5 nitrogen and oxygen atoms in total. The van der Waals surface area contributed by atoms with Crippen LogP contribution in [0.15, 0.2) is 66.7 Å². The number of halogens is 2. The van der Waals surface area contributed by atoms with Gasteiger partial charge in [-0.2, -0.15) is 0 Å². The molecule has 0 heterocycles. The SMILES string of the molecule is CCc1cccc(CNC[C@H](O)[C@H](Cc2cc(F)cc(F)c2)NC(=O)c2ccc(OC)cc2)c1. The molecule has 0 saturated heterocycles. The fourth-order valence-corrected chi connectivity index (χ4v) is 3.73. The molecule has 0 aliphatic carbocycles. The van der Waals surface area contributed by atoms with Gasteiger partial charge in [0.05, 0.1) is 19.3 Å². The average molecular weight is 469 g/mol. The summed E-state index contributed by atoms with van der Waals surface area (Å²) in [6, 6.07) is 17.1. The van der Waals surface area contributed by atoms with Crippen molar-refractivity contribution in [3.05, 3.63) is 101 Å². The van der Waals surface area contributed by atoms with E-state index in [1.165, 1.54) is 24.8 Å². The number of hydrogen-bond acceptors (Lipinski definition) is 4. The van der Waals surface area contributed by atoms with E-state index in [4.69, 9.17) is 4.74 Å². The van der Waals surface area contributed by atoms with Crippen molar-refractivity contribution in [1.82, 2.24) is 10.6 Å². The fourth-order valence-electron chi connectivity index (χ4n) is 3.73. The molecule has 0 aromatic heterocycles. The van der Waals surface area contributed by atoms with E-state index in [1.54, 1.807) is 24.3 Å². The number of benzene rings is 3. The normalized spacial score (nSPS) is 12.7. The topological polar surface area (TPSA) is 70.6 Å². The van der Waals surface area contributed by atoms with Crippen LogP contribution >= 0.6 is 0 Å². The molecule has 3 aromatic carbocycles. The summed E-state index contributed by atoms with van der Waals surface area (Å²) >= 11 is 0. The molecule has 3 rings (SSSR count). The number of ether oxygens (including phenoxy) is 1. The van der Waals surface area contributed by atoms with Crippen molar-refractivity contribution in [2.24, 2.45) is 0 Å². The zero-order valence-electron chi connectivity index (χ0n) is 19.4. The maximum absolute atomic E-state index is 13.7. The van der Waals surface area contributed by atoms with E-state index >= 15 is 0 Å². The first-order chi connectivity index (χ1) is 16.4. The van der Waals surface area contributed by atoms with E-state index < -0.39 is 29.7 Å². The molecule has 180 valence electrons. The summed E-state index contributed by atoms with van der Waals surface area (Å²) in [5, 5.41) is 16.9. The molecule has 0 fully saturated rings. The van der Waals surface area contributed by atoms with Gasteiger partial charge in [-0.1, -0.05) is 31.2 Å². The van der Waals surface area contributed by atoms with Crippen LogP contribution in [0.2, 0.25) is 0 Å². The van der Waals surface area contributed by atoms with Gasteiger partial charge in [-0.3, -0.25) is 4.79 Å². The van der Waals surface area contributed by atoms with Gasteiger partial charge >= 0.3 is 0 Å². The minimum Gasteiger partial charge on any atom is -0.497 e. The number of rotatable bonds is 11. The number of nitrogens with one attached hydrogen (secondary N) is 2. The molecule has 0 aliphatic heterocycles. The Kier molecular flexibility index (Phi) is 9.13. The summed E-state index contributed by atoms with van der Waals surface area (Å²) in [7, 11) is 1.53. The Bertz CT molecular complexity index is 1070. The molecule has 34 heavy (non-hydrogen) atoms. The van der Waals surface area contributed by atoms with E-state index in [-0.39, 0.29) is 13.0 Å². The second-order valence-corrected chi connectivity index (χ2v) is 8.16. The fraction of sp³-hybridized carbons (Fsp3) is 0.296. The Morgan fingerprint density at radius 1 is 0.971 bits per heavy atom. The molecule has 7 heteroatoms. The monoisotopic (exact) mass is 468 g/mol. The van der Waals surface area contributed by atoms with Gasteiger partial charge in [-0.05, 0) is 65.9 Å². The lowest BCUT2D eigenvalue weighted by Gasteiger charge is -2.25. The highest BCUT2D eigenvalue weighted by molar-refractivity contribution is 5.94. The molecule has 0 bridgehead atoms. The maximum Gasteiger partial charge on any atom is 0.251 e. The van der Waals surface area contributed by atoms with Gasteiger partial charge in [0.1, 0.15) is 17.4 Å². The molecule has 3 N–H and O–H groups in total. The largest absolute Gasteiger partial charge is 0.497 e. The molecule has 2 atom stereocenters. The van der Waals surface area contributed by atoms with Crippen LogP contribution in [0.3, 0.4) is 0 Å². The molecule has 0 radical (unpaired) electrons. The Morgan fingerprint density at radius 2 is 1.65 bits per heavy atom. The zero-order valence-corrected chi connectivity index (χ0v) is 19.4. The number of methoxy groups -OCH3 is 1. The van der Waals surface area contributed by atoms with E-state index in [1.807, 2.05) is 12.1 Å². The number of hydrogen-bond donors (Lipinski definition) is 3. The summed E-state index contributed by atoms with van der Waals surface area (Å²) in [4.78, 5) is 12.8. The summed E-state index contributed by atoms with van der Waals surface area (Å²) in [5.41, 5.74) is 3.02. The first-order valence-electron chi connectivity index (χ1n) is 11.2. The van der Waals surface area contributed by atoms with Crippen molar-refractivity contribution in [3.8, 4) is 5.75 Å². The summed E-state index contributed by atoms with van der Waals surface area (Å²) in [6.07, 6.45) is -0.00639. The number of aliphatic hydroxyl groups excluding tert-OH is 1. The lowest BCUT2D eigenvalue weighted by atomic mass is 10.00. The molecule has 3 aromatic rings. The van der Waals surface area contributed by atoms with E-state index in [0.29, 0.717) is 23.4 Å². The molecule has 0 unspecified atom stereocenters. The lowest BCUT2D eigenvalue weighted by Crippen LogP contribution is -2.48. The van der Waals surface area contributed by atoms with Crippen molar-refractivity contribution >= 4 is 5.91 Å². The summed E-state index contributed by atoms with van der Waals surface area (Å²) in [6.45, 7) is 2.81. The number of aryl methyl sites for hydroxylation is 1. The molecule has 0 spiro atoms. The smallest absolute Gasteiger partial charge is 0.251 e. The number of amides is 1. The van der Waals surface area contributed by atoms with Crippen molar-refractivity contribution < 1.29 is 23.4 Å². The van der Waals surface area contributed by atoms with Crippen molar-refractivity contribution in [2.75, 3.05) is 13.7 Å². The van der Waals surface area contributed by atoms with Crippen LogP contribution in [-0.2, 0) is 19.4 Å². The minimum atomic E-state index is -0.997. The molecular formula is C27H30F2N2O3. The predicted molar refractivity (Wildman–Crippen MR) is 128 cm³/mol. The first kappa shape index (κ1) is 25.3. The Hall–Kier alpha value is -3.29. The van der Waals surface area contributed by atoms with Crippen LogP contribution in [0.25, 0.3) is 0 Å². The second kappa shape index (κ2) is 12.3. The van der Waals surface area contributed by atoms with Crippen LogP contribution in [0.4, 0.5) is 8.78 Å². The molecular weight excluding hydrogens is 438 g/mol. The minimum absolute atomic E-state index is 0.0603. The summed E-state index contributed by atoms with van der Waals surface area (Å²) < 4.78 is 32.5. The van der Waals surface area contributed by atoms with Gasteiger partial charge in [0.15, 0.2) is 0 Å². The predicted octanol–water partition coefficient (Wildman–Crippen LogP) is 4.03. The third-order valence-electron chi connectivity index (χ3n) is 5.59. The van der Waals surface area contributed by atoms with Crippen molar-refractivity contribution in [2.45, 2.75) is 38.5 Å². The Labute approximate surface area is 198 Å². The van der Waals surface area contributed by atoms with Gasteiger partial charge in [0.25, 0.3) is 5.91 Å². The Morgan fingerprint density at radius 3 is 2.29 bits per heavy atom. The maximum atomic E-state index is 13.7. The zero-order chi connectivity index (χ0) is 24.5. The molecule has 0 saturated carbocycles. The number of aliphatic hydroxyl groups is 1. The van der Waals surface area contributed by atoms with Crippen LogP contribution in [0.5, 0.6) is 5.75 Å². The highest BCUT2D eigenvalue weighted by Gasteiger charge is 2.23. The average Bonchev–Trinajstić information content (AvgIpc) is 2.83. The molecule has 1 amide bonds. The van der Waals surface area contributed by atoms with E-state index in [2.05, 4.69) is 29.7 Å². The number of carbonyl (C=O) groups excluding carboxylic acids is 1. The quantitative estimate of drug-likeness (QED) is 0.398. The lowest BCUT2D eigenvalue weighted by molar-refractivity contribution is 0.0830. The van der Waals surface area contributed by atoms with Gasteiger partial charge in [-0.25, -0.2) is 8.78 Å². The highest BCUT2D eigenvalue weighted by Crippen LogP contribution is 2.15. The Balaban J connectivity index is 1.70. The third kappa shape index (κ3) is 7.37. The van der Waals surface area contributed by atoms with Crippen LogP contribution in [0.1, 0.15) is 34.0 Å². The van der Waals surface area contributed by atoms with Gasteiger partial charge in [0, 0.05) is 24.7 Å². The van der Waals surface area contributed by atoms with Crippen LogP contribution in [-0.4, -0.2) is 36.8 Å². The molecule has 0 aliphatic rings. The third-order valence-corrected chi connectivity index (χ3v) is 5.59. The van der Waals surface area contributed by atoms with Gasteiger partial charge in [0.2, 0.25) is 0 Å². The van der Waals surface area contributed by atoms with Gasteiger partial charge in [-0.15, -0.1) is 0 Å². The summed E-state index contributed by atoms with van der Waals surface area (Å²) in [5.74, 6) is -1.21. The highest BCUT2D eigenvalue weighted by atomic mass is 19.1.